The van der Waals surface area contributed by atoms with Crippen molar-refractivity contribution in [2.45, 2.75) is 20.3 Å². The molecule has 0 spiro atoms. The molecular formula is C12H14N2OS. The van der Waals surface area contributed by atoms with Crippen LogP contribution in [0.3, 0.4) is 0 Å². The minimum absolute atomic E-state index is 0.128. The van der Waals surface area contributed by atoms with Gasteiger partial charge in [0.15, 0.2) is 5.12 Å². The van der Waals surface area contributed by atoms with Crippen LogP contribution in [0.4, 0.5) is 5.69 Å². The number of pyridine rings is 1. The lowest BCUT2D eigenvalue weighted by Crippen LogP contribution is -1.93. The quantitative estimate of drug-likeness (QED) is 0.628. The molecule has 0 saturated carbocycles. The SMILES string of the molecule is CC(=O)SCCC#Cc1cnc(C)c(N)c1. The van der Waals surface area contributed by atoms with Crippen molar-refractivity contribution in [3.8, 4) is 11.8 Å². The van der Waals surface area contributed by atoms with E-state index in [9.17, 15) is 4.79 Å². The zero-order valence-electron chi connectivity index (χ0n) is 9.41. The maximum Gasteiger partial charge on any atom is 0.185 e. The van der Waals surface area contributed by atoms with Gasteiger partial charge in [-0.2, -0.15) is 0 Å². The number of rotatable bonds is 2. The Morgan fingerprint density at radius 1 is 1.62 bits per heavy atom. The second-order valence-electron chi connectivity index (χ2n) is 3.29. The molecule has 2 N–H and O–H groups in total. The van der Waals surface area contributed by atoms with Crippen LogP contribution in [-0.4, -0.2) is 15.9 Å². The highest BCUT2D eigenvalue weighted by Crippen LogP contribution is 2.08. The lowest BCUT2D eigenvalue weighted by Gasteiger charge is -1.97. The second-order valence-corrected chi connectivity index (χ2v) is 4.56. The van der Waals surface area contributed by atoms with Crippen LogP contribution in [0.15, 0.2) is 12.3 Å². The van der Waals surface area contributed by atoms with Gasteiger partial charge in [0.2, 0.25) is 0 Å². The summed E-state index contributed by atoms with van der Waals surface area (Å²) in [6, 6.07) is 1.81. The van der Waals surface area contributed by atoms with Crippen LogP contribution in [0.25, 0.3) is 0 Å². The first-order chi connectivity index (χ1) is 7.59. The van der Waals surface area contributed by atoms with E-state index in [0.29, 0.717) is 12.1 Å². The van der Waals surface area contributed by atoms with E-state index in [-0.39, 0.29) is 5.12 Å². The first kappa shape index (κ1) is 12.6. The number of carbonyl (C=O) groups excluding carboxylic acids is 1. The van der Waals surface area contributed by atoms with E-state index >= 15 is 0 Å². The third-order valence-corrected chi connectivity index (χ3v) is 2.71. The summed E-state index contributed by atoms with van der Waals surface area (Å²) in [5.74, 6) is 6.69. The molecule has 3 nitrogen and oxygen atoms in total. The lowest BCUT2D eigenvalue weighted by molar-refractivity contribution is -0.109. The largest absolute Gasteiger partial charge is 0.397 e. The van der Waals surface area contributed by atoms with Gasteiger partial charge in [0.05, 0.1) is 11.4 Å². The van der Waals surface area contributed by atoms with Gasteiger partial charge in [-0.3, -0.25) is 9.78 Å². The Balaban J connectivity index is 2.50. The van der Waals surface area contributed by atoms with Gasteiger partial charge in [0.25, 0.3) is 0 Å². The standard InChI is InChI=1S/C12H14N2OS/c1-9-12(13)7-11(8-14-9)5-3-4-6-16-10(2)15/h7-8H,4,6,13H2,1-2H3. The Hall–Kier alpha value is -1.47. The molecule has 0 bridgehead atoms. The summed E-state index contributed by atoms with van der Waals surface area (Å²) in [7, 11) is 0. The second kappa shape index (κ2) is 6.19. The molecule has 0 aromatic carbocycles. The highest BCUT2D eigenvalue weighted by atomic mass is 32.2. The Bertz CT molecular complexity index is 446. The van der Waals surface area contributed by atoms with Gasteiger partial charge in [-0.05, 0) is 13.0 Å². The molecule has 1 heterocycles. The predicted molar refractivity (Wildman–Crippen MR) is 68.0 cm³/mol. The summed E-state index contributed by atoms with van der Waals surface area (Å²) in [5.41, 5.74) is 8.00. The first-order valence-corrected chi connectivity index (χ1v) is 5.92. The number of nitrogens with zero attached hydrogens (tertiary/aromatic N) is 1. The van der Waals surface area contributed by atoms with Crippen molar-refractivity contribution in [2.75, 3.05) is 11.5 Å². The third-order valence-electron chi connectivity index (χ3n) is 1.89. The van der Waals surface area contributed by atoms with E-state index in [2.05, 4.69) is 16.8 Å². The van der Waals surface area contributed by atoms with E-state index in [0.717, 1.165) is 17.0 Å². The molecule has 0 radical (unpaired) electrons. The Morgan fingerprint density at radius 3 is 3.00 bits per heavy atom. The van der Waals surface area contributed by atoms with Crippen molar-refractivity contribution in [1.29, 1.82) is 0 Å². The van der Waals surface area contributed by atoms with Gasteiger partial charge in [-0.15, -0.1) is 0 Å². The Morgan fingerprint density at radius 2 is 2.38 bits per heavy atom. The average molecular weight is 234 g/mol. The Labute approximate surface area is 99.8 Å². The molecule has 84 valence electrons. The van der Waals surface area contributed by atoms with Gasteiger partial charge in [0.1, 0.15) is 0 Å². The summed E-state index contributed by atoms with van der Waals surface area (Å²) in [5, 5.41) is 0.128. The predicted octanol–water partition coefficient (Wildman–Crippen LogP) is 1.99. The molecule has 0 amide bonds. The van der Waals surface area contributed by atoms with Crippen molar-refractivity contribution in [2.24, 2.45) is 0 Å². The fourth-order valence-corrected chi connectivity index (χ4v) is 1.52. The molecule has 0 aliphatic heterocycles. The molecule has 0 saturated heterocycles. The van der Waals surface area contributed by atoms with Gasteiger partial charge in [-0.1, -0.05) is 23.6 Å². The van der Waals surface area contributed by atoms with E-state index in [1.807, 2.05) is 13.0 Å². The first-order valence-electron chi connectivity index (χ1n) is 4.94. The smallest absolute Gasteiger partial charge is 0.185 e. The highest BCUT2D eigenvalue weighted by Gasteiger charge is 1.95. The third kappa shape index (κ3) is 4.37. The molecule has 0 aliphatic rings. The zero-order valence-corrected chi connectivity index (χ0v) is 10.2. The number of carbonyl (C=O) groups is 1. The van der Waals surface area contributed by atoms with E-state index in [4.69, 9.17) is 5.73 Å². The van der Waals surface area contributed by atoms with Crippen LogP contribution < -0.4 is 5.73 Å². The minimum Gasteiger partial charge on any atom is -0.397 e. The van der Waals surface area contributed by atoms with Crippen molar-refractivity contribution in [1.82, 2.24) is 4.98 Å². The summed E-state index contributed by atoms with van der Waals surface area (Å²) in [4.78, 5) is 14.8. The average Bonchev–Trinajstić information content (AvgIpc) is 2.22. The van der Waals surface area contributed by atoms with Gasteiger partial charge >= 0.3 is 0 Å². The van der Waals surface area contributed by atoms with Crippen molar-refractivity contribution in [3.05, 3.63) is 23.5 Å². The number of aromatic nitrogens is 1. The van der Waals surface area contributed by atoms with Crippen molar-refractivity contribution in [3.63, 3.8) is 0 Å². The van der Waals surface area contributed by atoms with E-state index in [1.54, 1.807) is 13.1 Å². The molecule has 0 fully saturated rings. The molecule has 1 rings (SSSR count). The summed E-state index contributed by atoms with van der Waals surface area (Å²) in [6.45, 7) is 3.42. The van der Waals surface area contributed by atoms with Crippen LogP contribution in [0.2, 0.25) is 0 Å². The molecule has 0 unspecified atom stereocenters. The number of hydrogen-bond acceptors (Lipinski definition) is 4. The molecule has 0 atom stereocenters. The zero-order chi connectivity index (χ0) is 12.0. The summed E-state index contributed by atoms with van der Waals surface area (Å²) < 4.78 is 0. The number of aryl methyl sites for hydroxylation is 1. The maximum atomic E-state index is 10.6. The normalized spacial score (nSPS) is 9.38. The maximum absolute atomic E-state index is 10.6. The van der Waals surface area contributed by atoms with Crippen molar-refractivity contribution >= 4 is 22.6 Å². The summed E-state index contributed by atoms with van der Waals surface area (Å²) in [6.07, 6.45) is 2.40. The number of nitrogens with two attached hydrogens (primary N) is 1. The highest BCUT2D eigenvalue weighted by molar-refractivity contribution is 8.13. The van der Waals surface area contributed by atoms with Gasteiger partial charge in [-0.25, -0.2) is 0 Å². The molecule has 1 aromatic rings. The van der Waals surface area contributed by atoms with Crippen LogP contribution in [-0.2, 0) is 4.79 Å². The number of thioether (sulfide) groups is 1. The molecule has 4 heteroatoms. The van der Waals surface area contributed by atoms with Crippen molar-refractivity contribution < 1.29 is 4.79 Å². The van der Waals surface area contributed by atoms with E-state index in [1.165, 1.54) is 11.8 Å². The van der Waals surface area contributed by atoms with Crippen LogP contribution in [0.1, 0.15) is 24.6 Å². The number of hydrogen-bond donors (Lipinski definition) is 1. The molecule has 1 aromatic heterocycles. The van der Waals surface area contributed by atoms with Crippen LogP contribution in [0, 0.1) is 18.8 Å². The fraction of sp³-hybridized carbons (Fsp3) is 0.333. The molecule has 16 heavy (non-hydrogen) atoms. The fourth-order valence-electron chi connectivity index (χ4n) is 1.03. The van der Waals surface area contributed by atoms with Crippen LogP contribution in [0.5, 0.6) is 0 Å². The molecule has 0 aliphatic carbocycles. The van der Waals surface area contributed by atoms with Gasteiger partial charge < -0.3 is 5.73 Å². The lowest BCUT2D eigenvalue weighted by atomic mass is 10.2. The number of anilines is 1. The summed E-state index contributed by atoms with van der Waals surface area (Å²) >= 11 is 1.29. The number of nitrogen functional groups attached to an aromatic ring is 1. The van der Waals surface area contributed by atoms with Crippen LogP contribution >= 0.6 is 11.8 Å². The monoisotopic (exact) mass is 234 g/mol. The molecular weight excluding hydrogens is 220 g/mol. The van der Waals surface area contributed by atoms with E-state index < -0.39 is 0 Å². The van der Waals surface area contributed by atoms with Gasteiger partial charge in [0, 0.05) is 30.9 Å². The Kier molecular flexibility index (Phi) is 4.87. The topological polar surface area (TPSA) is 56.0 Å². The minimum atomic E-state index is 0.128.